The van der Waals surface area contributed by atoms with E-state index in [1.54, 1.807) is 48.5 Å². The first kappa shape index (κ1) is 24.0. The predicted octanol–water partition coefficient (Wildman–Crippen LogP) is 4.24. The Hall–Kier alpha value is -4.72. The van der Waals surface area contributed by atoms with E-state index in [0.29, 0.717) is 22.9 Å². The van der Waals surface area contributed by atoms with E-state index in [1.165, 1.54) is 24.3 Å². The molecule has 3 aliphatic rings. The monoisotopic (exact) mass is 496 g/mol. The fourth-order valence-corrected chi connectivity index (χ4v) is 4.50. The zero-order chi connectivity index (χ0) is 26.0. The number of hydrogen-bond acceptors (Lipinski definition) is 6. The van der Waals surface area contributed by atoms with E-state index in [2.05, 4.69) is 6.92 Å². The van der Waals surface area contributed by atoms with Crippen LogP contribution in [0.5, 0.6) is 11.5 Å². The Kier molecular flexibility index (Phi) is 6.31. The van der Waals surface area contributed by atoms with Gasteiger partial charge in [0.25, 0.3) is 29.4 Å². The molecule has 0 spiro atoms. The number of amides is 4. The largest absolute Gasteiger partial charge is 0.448 e. The molecule has 0 bridgehead atoms. The zero-order valence-corrected chi connectivity index (χ0v) is 20.1. The summed E-state index contributed by atoms with van der Waals surface area (Å²) in [4.78, 5) is 50.2. The molecule has 2 heterocycles. The minimum Gasteiger partial charge on any atom is -0.448 e. The third-order valence-corrected chi connectivity index (χ3v) is 6.26. The summed E-state index contributed by atoms with van der Waals surface area (Å²) in [6, 6.07) is 13.4. The Balaban J connectivity index is 1.40. The summed E-state index contributed by atoms with van der Waals surface area (Å²) < 4.78 is 12.9. The molecule has 0 fully saturated rings. The van der Waals surface area contributed by atoms with Crippen molar-refractivity contribution in [3.05, 3.63) is 97.1 Å². The van der Waals surface area contributed by atoms with E-state index in [9.17, 15) is 19.2 Å². The molecular formula is C29H24N2O6. The lowest BCUT2D eigenvalue weighted by Crippen LogP contribution is -2.48. The highest BCUT2D eigenvalue weighted by Gasteiger charge is 2.41. The average molecular weight is 497 g/mol. The summed E-state index contributed by atoms with van der Waals surface area (Å²) in [6.45, 7) is 2.08. The van der Waals surface area contributed by atoms with Crippen LogP contribution in [0.2, 0.25) is 0 Å². The molecule has 0 saturated carbocycles. The molecule has 2 aliphatic heterocycles. The molecule has 4 amide bonds. The number of carbonyl (C=O) groups is 4. The second-order valence-electron chi connectivity index (χ2n) is 8.74. The first-order chi connectivity index (χ1) is 17.9. The first-order valence-corrected chi connectivity index (χ1v) is 12.0. The molecule has 8 heteroatoms. The van der Waals surface area contributed by atoms with Gasteiger partial charge in [0.15, 0.2) is 0 Å². The van der Waals surface area contributed by atoms with Crippen LogP contribution in [0.25, 0.3) is 0 Å². The van der Waals surface area contributed by atoms with Crippen LogP contribution in [0.15, 0.2) is 97.1 Å². The summed E-state index contributed by atoms with van der Waals surface area (Å²) in [5.74, 6) is -1.86. The van der Waals surface area contributed by atoms with Crippen LogP contribution in [0.3, 0.4) is 0 Å². The molecule has 2 aromatic rings. The SMILES string of the molecule is CCCC1C=CC=CC1(Oc1ccc(N2C(=O)C=CC2=O)cc1)Oc1ccc(N2C(=O)C=CC2=O)cc1. The maximum Gasteiger partial charge on any atom is 0.277 e. The molecule has 2 aromatic carbocycles. The van der Waals surface area contributed by atoms with Gasteiger partial charge in [-0.15, -0.1) is 0 Å². The normalized spacial score (nSPS) is 19.9. The third kappa shape index (κ3) is 4.61. The van der Waals surface area contributed by atoms with Gasteiger partial charge in [-0.05, 0) is 55.0 Å². The molecule has 1 atom stereocenters. The number of nitrogens with zero attached hydrogens (tertiary/aromatic N) is 2. The predicted molar refractivity (Wildman–Crippen MR) is 137 cm³/mol. The first-order valence-electron chi connectivity index (χ1n) is 12.0. The highest BCUT2D eigenvalue weighted by atomic mass is 16.7. The van der Waals surface area contributed by atoms with Crippen molar-refractivity contribution in [3.8, 4) is 11.5 Å². The van der Waals surface area contributed by atoms with E-state index < -0.39 is 29.4 Å². The van der Waals surface area contributed by atoms with Crippen LogP contribution in [-0.2, 0) is 19.2 Å². The van der Waals surface area contributed by atoms with Crippen LogP contribution >= 0.6 is 0 Å². The van der Waals surface area contributed by atoms with E-state index in [-0.39, 0.29) is 5.92 Å². The number of benzene rings is 2. The molecule has 1 unspecified atom stereocenters. The van der Waals surface area contributed by atoms with Crippen molar-refractivity contribution in [2.75, 3.05) is 9.80 Å². The quantitative estimate of drug-likeness (QED) is 0.401. The average Bonchev–Trinajstić information content (AvgIpc) is 3.41. The van der Waals surface area contributed by atoms with Crippen LogP contribution < -0.4 is 19.3 Å². The molecule has 0 saturated heterocycles. The van der Waals surface area contributed by atoms with Gasteiger partial charge in [-0.3, -0.25) is 19.2 Å². The highest BCUT2D eigenvalue weighted by Crippen LogP contribution is 2.37. The second-order valence-corrected chi connectivity index (χ2v) is 8.74. The highest BCUT2D eigenvalue weighted by molar-refractivity contribution is 6.28. The second kappa shape index (κ2) is 9.73. The number of allylic oxidation sites excluding steroid dienone is 2. The van der Waals surface area contributed by atoms with Gasteiger partial charge < -0.3 is 9.47 Å². The zero-order valence-electron chi connectivity index (χ0n) is 20.1. The number of hydrogen-bond donors (Lipinski definition) is 0. The summed E-state index contributed by atoms with van der Waals surface area (Å²) in [6.07, 6.45) is 14.3. The van der Waals surface area contributed by atoms with Crippen LogP contribution in [0, 0.1) is 5.92 Å². The topological polar surface area (TPSA) is 93.2 Å². The molecule has 0 radical (unpaired) electrons. The van der Waals surface area contributed by atoms with Gasteiger partial charge in [0.05, 0.1) is 17.3 Å². The number of anilines is 2. The number of carbonyl (C=O) groups excluding carboxylic acids is 4. The van der Waals surface area contributed by atoms with Gasteiger partial charge in [0.1, 0.15) is 11.5 Å². The maximum absolute atomic E-state index is 12.0. The van der Waals surface area contributed by atoms with Crippen molar-refractivity contribution >= 4 is 35.0 Å². The minimum absolute atomic E-state index is 0.112. The van der Waals surface area contributed by atoms with Gasteiger partial charge in [-0.25, -0.2) is 9.80 Å². The molecule has 5 rings (SSSR count). The molecule has 0 N–H and O–H groups in total. The van der Waals surface area contributed by atoms with Crippen LogP contribution in [0.4, 0.5) is 11.4 Å². The van der Waals surface area contributed by atoms with E-state index in [0.717, 1.165) is 22.6 Å². The standard InChI is InChI=1S/C29H24N2O6/c1-2-5-20-6-3-4-19-29(20,36-23-11-7-21(8-12-23)30-25(32)15-16-26(30)33)37-24-13-9-22(10-14-24)31-27(34)17-18-28(31)35/h3-4,6-20H,2,5H2,1H3. The lowest BCUT2D eigenvalue weighted by Gasteiger charge is -2.38. The Morgan fingerprint density at radius 2 is 1.11 bits per heavy atom. The number of rotatable bonds is 8. The van der Waals surface area contributed by atoms with Crippen LogP contribution in [0.1, 0.15) is 19.8 Å². The summed E-state index contributed by atoms with van der Waals surface area (Å²) in [5.41, 5.74) is 0.894. The van der Waals surface area contributed by atoms with E-state index >= 15 is 0 Å². The van der Waals surface area contributed by atoms with Gasteiger partial charge in [0, 0.05) is 30.4 Å². The minimum atomic E-state index is -1.17. The molecular weight excluding hydrogens is 472 g/mol. The Bertz CT molecular complexity index is 1240. The van der Waals surface area contributed by atoms with Crippen LogP contribution in [-0.4, -0.2) is 29.4 Å². The number of imide groups is 2. The lowest BCUT2D eigenvalue weighted by molar-refractivity contribution is -0.121. The van der Waals surface area contributed by atoms with Gasteiger partial charge in [-0.1, -0.05) is 31.6 Å². The van der Waals surface area contributed by atoms with E-state index in [1.807, 2.05) is 24.3 Å². The van der Waals surface area contributed by atoms with Crippen molar-refractivity contribution in [1.29, 1.82) is 0 Å². The van der Waals surface area contributed by atoms with Crippen molar-refractivity contribution in [1.82, 2.24) is 0 Å². The molecule has 37 heavy (non-hydrogen) atoms. The number of ether oxygens (including phenoxy) is 2. The lowest BCUT2D eigenvalue weighted by atomic mass is 9.89. The fraction of sp³-hybridized carbons (Fsp3) is 0.172. The van der Waals surface area contributed by atoms with Crippen molar-refractivity contribution in [3.63, 3.8) is 0 Å². The molecule has 186 valence electrons. The van der Waals surface area contributed by atoms with Crippen molar-refractivity contribution < 1.29 is 28.7 Å². The molecule has 0 aromatic heterocycles. The van der Waals surface area contributed by atoms with E-state index in [4.69, 9.17) is 9.47 Å². The summed E-state index contributed by atoms with van der Waals surface area (Å²) >= 11 is 0. The van der Waals surface area contributed by atoms with Gasteiger partial charge in [-0.2, -0.15) is 0 Å². The maximum atomic E-state index is 12.0. The summed E-state index contributed by atoms with van der Waals surface area (Å²) in [7, 11) is 0. The summed E-state index contributed by atoms with van der Waals surface area (Å²) in [5, 5.41) is 0. The third-order valence-electron chi connectivity index (χ3n) is 6.26. The van der Waals surface area contributed by atoms with Crippen molar-refractivity contribution in [2.24, 2.45) is 5.92 Å². The van der Waals surface area contributed by atoms with Gasteiger partial charge in [0.2, 0.25) is 0 Å². The smallest absolute Gasteiger partial charge is 0.277 e. The Morgan fingerprint density at radius 1 is 0.676 bits per heavy atom. The Labute approximate surface area is 213 Å². The van der Waals surface area contributed by atoms with Crippen molar-refractivity contribution in [2.45, 2.75) is 25.6 Å². The Morgan fingerprint density at radius 3 is 1.51 bits per heavy atom. The fourth-order valence-electron chi connectivity index (χ4n) is 4.50. The molecule has 8 nitrogen and oxygen atoms in total. The molecule has 1 aliphatic carbocycles. The van der Waals surface area contributed by atoms with Gasteiger partial charge >= 0.3 is 0 Å².